The van der Waals surface area contributed by atoms with Crippen molar-refractivity contribution in [1.29, 1.82) is 0 Å². The molecule has 8 heteroatoms. The lowest BCUT2D eigenvalue weighted by Crippen LogP contribution is -2.35. The molecule has 1 heterocycles. The van der Waals surface area contributed by atoms with Crippen LogP contribution in [0.1, 0.15) is 37.8 Å². The van der Waals surface area contributed by atoms with Gasteiger partial charge in [0.15, 0.2) is 9.84 Å². The number of benzene rings is 2. The number of sulfone groups is 1. The van der Waals surface area contributed by atoms with Gasteiger partial charge in [0.05, 0.1) is 16.3 Å². The molecule has 0 saturated carbocycles. The van der Waals surface area contributed by atoms with Crippen LogP contribution in [0.4, 0.5) is 11.4 Å². The third-order valence-electron chi connectivity index (χ3n) is 5.19. The van der Waals surface area contributed by atoms with E-state index in [9.17, 15) is 18.0 Å². The number of hydrogen-bond acceptors (Lipinski definition) is 4. The zero-order chi connectivity index (χ0) is 22.1. The Labute approximate surface area is 185 Å². The van der Waals surface area contributed by atoms with Crippen molar-refractivity contribution in [1.82, 2.24) is 0 Å². The van der Waals surface area contributed by atoms with E-state index < -0.39 is 9.84 Å². The minimum Gasteiger partial charge on any atom is -0.325 e. The van der Waals surface area contributed by atoms with Crippen LogP contribution >= 0.6 is 15.9 Å². The summed E-state index contributed by atoms with van der Waals surface area (Å²) in [6.07, 6.45) is 0.874. The number of rotatable bonds is 6. The summed E-state index contributed by atoms with van der Waals surface area (Å²) in [7, 11) is -3.62. The summed E-state index contributed by atoms with van der Waals surface area (Å²) in [6, 6.07) is 10.4. The second kappa shape index (κ2) is 8.89. The maximum Gasteiger partial charge on any atom is 0.226 e. The lowest BCUT2D eigenvalue weighted by molar-refractivity contribution is -0.118. The summed E-state index contributed by atoms with van der Waals surface area (Å²) in [4.78, 5) is 26.4. The topological polar surface area (TPSA) is 83.6 Å². The fourth-order valence-corrected chi connectivity index (χ4v) is 5.51. The van der Waals surface area contributed by atoms with Crippen LogP contribution < -0.4 is 10.2 Å². The summed E-state index contributed by atoms with van der Waals surface area (Å²) in [5, 5.41) is 2.74. The van der Waals surface area contributed by atoms with Crippen molar-refractivity contribution in [3.05, 3.63) is 52.0 Å². The molecular weight excluding hydrogens is 468 g/mol. The smallest absolute Gasteiger partial charge is 0.226 e. The van der Waals surface area contributed by atoms with Crippen molar-refractivity contribution in [3.8, 4) is 0 Å². The zero-order valence-electron chi connectivity index (χ0n) is 17.2. The summed E-state index contributed by atoms with van der Waals surface area (Å²) < 4.78 is 26.3. The molecule has 2 aromatic carbocycles. The van der Waals surface area contributed by atoms with Crippen molar-refractivity contribution in [2.24, 2.45) is 0 Å². The first-order valence-electron chi connectivity index (χ1n) is 9.86. The summed E-state index contributed by atoms with van der Waals surface area (Å²) in [5.74, 6) is -0.623. The Morgan fingerprint density at radius 1 is 1.20 bits per heavy atom. The predicted octanol–water partition coefficient (Wildman–Crippen LogP) is 4.25. The average Bonchev–Trinajstić information content (AvgIpc) is 3.03. The van der Waals surface area contributed by atoms with Crippen LogP contribution in [0, 0.1) is 6.92 Å². The second-order valence-electron chi connectivity index (χ2n) is 7.56. The Bertz CT molecular complexity index is 1100. The van der Waals surface area contributed by atoms with E-state index in [4.69, 9.17) is 0 Å². The minimum absolute atomic E-state index is 0.00383. The van der Waals surface area contributed by atoms with E-state index in [2.05, 4.69) is 21.2 Å². The normalized spacial score (nSPS) is 15.7. The van der Waals surface area contributed by atoms with E-state index in [-0.39, 0.29) is 34.9 Å². The van der Waals surface area contributed by atoms with Gasteiger partial charge in [-0.05, 0) is 77.7 Å². The third-order valence-corrected chi connectivity index (χ3v) is 7.56. The molecule has 0 aromatic heterocycles. The highest BCUT2D eigenvalue weighted by atomic mass is 79.9. The molecule has 1 unspecified atom stereocenters. The van der Waals surface area contributed by atoms with Crippen LogP contribution in [0.3, 0.4) is 0 Å². The Kier molecular flexibility index (Phi) is 6.67. The molecule has 0 aliphatic carbocycles. The molecule has 2 aromatic rings. The van der Waals surface area contributed by atoms with Gasteiger partial charge in [0.1, 0.15) is 0 Å². The molecule has 1 aliphatic heterocycles. The predicted molar refractivity (Wildman–Crippen MR) is 122 cm³/mol. The Morgan fingerprint density at radius 3 is 2.60 bits per heavy atom. The standard InChI is InChI=1S/C22H25BrN2O4S/c1-4-22(27)25-15(3)12-16-13-17(6-8-20(16)25)30(28,29)10-9-21(26)24-19-7-5-14(2)11-18(19)23/h5-8,11,13,15H,4,9-10,12H2,1-3H3,(H,24,26). The van der Waals surface area contributed by atoms with Gasteiger partial charge in [-0.2, -0.15) is 0 Å². The van der Waals surface area contributed by atoms with Gasteiger partial charge in [-0.15, -0.1) is 0 Å². The van der Waals surface area contributed by atoms with Gasteiger partial charge in [-0.3, -0.25) is 9.59 Å². The van der Waals surface area contributed by atoms with Gasteiger partial charge in [0, 0.05) is 29.0 Å². The van der Waals surface area contributed by atoms with E-state index in [0.29, 0.717) is 18.5 Å². The van der Waals surface area contributed by atoms with Crippen molar-refractivity contribution >= 4 is 49.0 Å². The van der Waals surface area contributed by atoms with Crippen LogP contribution in [-0.2, 0) is 25.8 Å². The van der Waals surface area contributed by atoms with Crippen LogP contribution in [-0.4, -0.2) is 32.0 Å². The third kappa shape index (κ3) is 4.75. The first-order valence-corrected chi connectivity index (χ1v) is 12.3. The summed E-state index contributed by atoms with van der Waals surface area (Å²) >= 11 is 3.40. The Morgan fingerprint density at radius 2 is 1.93 bits per heavy atom. The number of hydrogen-bond donors (Lipinski definition) is 1. The van der Waals surface area contributed by atoms with Gasteiger partial charge in [0.25, 0.3) is 0 Å². The first-order chi connectivity index (χ1) is 14.1. The molecule has 3 rings (SSSR count). The van der Waals surface area contributed by atoms with Crippen molar-refractivity contribution in [2.75, 3.05) is 16.0 Å². The fraction of sp³-hybridized carbons (Fsp3) is 0.364. The minimum atomic E-state index is -3.62. The maximum atomic E-state index is 12.8. The van der Waals surface area contributed by atoms with Crippen LogP contribution in [0.25, 0.3) is 0 Å². The lowest BCUT2D eigenvalue weighted by atomic mass is 10.1. The van der Waals surface area contributed by atoms with Crippen molar-refractivity contribution in [2.45, 2.75) is 51.0 Å². The van der Waals surface area contributed by atoms with Crippen molar-refractivity contribution < 1.29 is 18.0 Å². The first kappa shape index (κ1) is 22.5. The van der Waals surface area contributed by atoms with Crippen LogP contribution in [0.2, 0.25) is 0 Å². The summed E-state index contributed by atoms with van der Waals surface area (Å²) in [6.45, 7) is 5.71. The molecule has 1 aliphatic rings. The Balaban J connectivity index is 1.70. The molecule has 0 saturated heterocycles. The zero-order valence-corrected chi connectivity index (χ0v) is 19.6. The molecule has 1 N–H and O–H groups in total. The molecule has 0 bridgehead atoms. The molecule has 1 atom stereocenters. The number of nitrogens with zero attached hydrogens (tertiary/aromatic N) is 1. The van der Waals surface area contributed by atoms with Crippen LogP contribution in [0.15, 0.2) is 45.8 Å². The number of amides is 2. The van der Waals surface area contributed by atoms with Gasteiger partial charge in [-0.25, -0.2) is 8.42 Å². The largest absolute Gasteiger partial charge is 0.325 e. The van der Waals surface area contributed by atoms with Crippen molar-refractivity contribution in [3.63, 3.8) is 0 Å². The molecule has 0 fully saturated rings. The van der Waals surface area contributed by atoms with Crippen LogP contribution in [0.5, 0.6) is 0 Å². The van der Waals surface area contributed by atoms with Gasteiger partial charge < -0.3 is 10.2 Å². The van der Waals surface area contributed by atoms with E-state index in [0.717, 1.165) is 21.3 Å². The molecule has 160 valence electrons. The number of halogens is 1. The number of fused-ring (bicyclic) bond motifs is 1. The highest BCUT2D eigenvalue weighted by molar-refractivity contribution is 9.10. The number of aryl methyl sites for hydroxylation is 1. The summed E-state index contributed by atoms with van der Waals surface area (Å²) in [5.41, 5.74) is 3.27. The van der Waals surface area contributed by atoms with E-state index >= 15 is 0 Å². The lowest BCUT2D eigenvalue weighted by Gasteiger charge is -2.22. The highest BCUT2D eigenvalue weighted by Gasteiger charge is 2.31. The Hall–Kier alpha value is -2.19. The highest BCUT2D eigenvalue weighted by Crippen LogP contribution is 2.34. The number of carbonyl (C=O) groups excluding carboxylic acids is 2. The van der Waals surface area contributed by atoms with E-state index in [1.54, 1.807) is 23.1 Å². The SMILES string of the molecule is CCC(=O)N1c2ccc(S(=O)(=O)CCC(=O)Nc3ccc(C)cc3Br)cc2CC1C. The number of carbonyl (C=O) groups is 2. The maximum absolute atomic E-state index is 12.8. The van der Waals surface area contributed by atoms with Gasteiger partial charge >= 0.3 is 0 Å². The average molecular weight is 493 g/mol. The quantitative estimate of drug-likeness (QED) is 0.653. The molecule has 0 spiro atoms. The van der Waals surface area contributed by atoms with Gasteiger partial charge in [0.2, 0.25) is 11.8 Å². The second-order valence-corrected chi connectivity index (χ2v) is 10.5. The van der Waals surface area contributed by atoms with E-state index in [1.807, 2.05) is 32.9 Å². The number of anilines is 2. The molecular formula is C22H25BrN2O4S. The molecule has 0 radical (unpaired) electrons. The van der Waals surface area contributed by atoms with Gasteiger partial charge in [-0.1, -0.05) is 13.0 Å². The monoisotopic (exact) mass is 492 g/mol. The van der Waals surface area contributed by atoms with E-state index in [1.165, 1.54) is 6.07 Å². The number of nitrogens with one attached hydrogen (secondary N) is 1. The fourth-order valence-electron chi connectivity index (χ4n) is 3.63. The molecule has 30 heavy (non-hydrogen) atoms. The molecule has 2 amide bonds. The molecule has 6 nitrogen and oxygen atoms in total.